The lowest BCUT2D eigenvalue weighted by Gasteiger charge is -2.31. The van der Waals surface area contributed by atoms with Crippen molar-refractivity contribution in [2.75, 3.05) is 13.7 Å². The standard InChI is InChI=1S/C19H24N4O2.ClH/c1-25-14-6-4-13(5-7-14)19(9-2-3-10-19)21-18(24)17-15-12-20-11-8-16(15)22-23-17;/h4-7,20H,2-3,8-12H2,1H3,(H,21,24)(H,22,23);1H. The van der Waals surface area contributed by atoms with E-state index in [2.05, 4.69) is 33.0 Å². The number of carbonyl (C=O) groups excluding carboxylic acids is 1. The highest BCUT2D eigenvalue weighted by Gasteiger charge is 2.38. The van der Waals surface area contributed by atoms with Crippen LogP contribution in [0.1, 0.15) is 53.0 Å². The smallest absolute Gasteiger partial charge is 0.272 e. The predicted octanol–water partition coefficient (Wildman–Crippen LogP) is 2.69. The number of methoxy groups -OCH3 is 1. The van der Waals surface area contributed by atoms with Crippen LogP contribution in [-0.4, -0.2) is 29.8 Å². The number of fused-ring (bicyclic) bond motifs is 1. The zero-order chi connectivity index (χ0) is 17.3. The van der Waals surface area contributed by atoms with Crippen LogP contribution >= 0.6 is 12.4 Å². The van der Waals surface area contributed by atoms with Crippen molar-refractivity contribution in [1.82, 2.24) is 20.8 Å². The quantitative estimate of drug-likeness (QED) is 0.766. The number of amides is 1. The summed E-state index contributed by atoms with van der Waals surface area (Å²) >= 11 is 0. The fourth-order valence-electron chi connectivity index (χ4n) is 4.06. The van der Waals surface area contributed by atoms with E-state index in [0.29, 0.717) is 12.2 Å². The van der Waals surface area contributed by atoms with E-state index in [0.717, 1.165) is 61.2 Å². The molecule has 0 saturated heterocycles. The molecule has 0 radical (unpaired) electrons. The number of rotatable bonds is 4. The summed E-state index contributed by atoms with van der Waals surface area (Å²) in [5, 5.41) is 14.0. The lowest BCUT2D eigenvalue weighted by atomic mass is 9.87. The molecule has 26 heavy (non-hydrogen) atoms. The zero-order valence-electron chi connectivity index (χ0n) is 14.9. The summed E-state index contributed by atoms with van der Waals surface area (Å²) in [4.78, 5) is 13.0. The minimum absolute atomic E-state index is 0. The van der Waals surface area contributed by atoms with Gasteiger partial charge in [0.1, 0.15) is 5.75 Å². The first-order valence-corrected chi connectivity index (χ1v) is 8.96. The largest absolute Gasteiger partial charge is 0.497 e. The Balaban J connectivity index is 0.00000196. The molecule has 0 spiro atoms. The summed E-state index contributed by atoms with van der Waals surface area (Å²) in [6.45, 7) is 1.62. The normalized spacial score (nSPS) is 17.9. The highest BCUT2D eigenvalue weighted by Crippen LogP contribution is 2.39. The monoisotopic (exact) mass is 376 g/mol. The van der Waals surface area contributed by atoms with Gasteiger partial charge in [-0.2, -0.15) is 5.10 Å². The number of nitrogens with one attached hydrogen (secondary N) is 3. The van der Waals surface area contributed by atoms with Gasteiger partial charge in [-0.15, -0.1) is 12.4 Å². The average Bonchev–Trinajstić information content (AvgIpc) is 3.29. The molecule has 2 heterocycles. The summed E-state index contributed by atoms with van der Waals surface area (Å²) in [5.41, 5.74) is 3.45. The van der Waals surface area contributed by atoms with Crippen LogP contribution in [0, 0.1) is 0 Å². The number of hydrogen-bond donors (Lipinski definition) is 3. The number of aromatic amines is 1. The second-order valence-corrected chi connectivity index (χ2v) is 6.93. The van der Waals surface area contributed by atoms with Gasteiger partial charge in [-0.1, -0.05) is 25.0 Å². The highest BCUT2D eigenvalue weighted by atomic mass is 35.5. The van der Waals surface area contributed by atoms with E-state index in [1.165, 1.54) is 0 Å². The third kappa shape index (κ3) is 3.31. The molecule has 0 atom stereocenters. The van der Waals surface area contributed by atoms with Gasteiger partial charge in [0.25, 0.3) is 5.91 Å². The SMILES string of the molecule is COc1ccc(C2(NC(=O)c3n[nH]c4c3CNCC4)CCCC2)cc1.Cl. The summed E-state index contributed by atoms with van der Waals surface area (Å²) in [6, 6.07) is 8.04. The van der Waals surface area contributed by atoms with Crippen LogP contribution < -0.4 is 15.4 Å². The number of aromatic nitrogens is 2. The molecule has 1 aromatic heterocycles. The van der Waals surface area contributed by atoms with Gasteiger partial charge in [-0.05, 0) is 30.5 Å². The molecule has 2 aromatic rings. The fraction of sp³-hybridized carbons (Fsp3) is 0.474. The topological polar surface area (TPSA) is 79.0 Å². The Morgan fingerprint density at radius 2 is 1.96 bits per heavy atom. The minimum atomic E-state index is -0.308. The number of ether oxygens (including phenoxy) is 1. The molecule has 0 bridgehead atoms. The number of nitrogens with zero attached hydrogens (tertiary/aromatic N) is 1. The molecule has 1 aliphatic heterocycles. The third-order valence-corrected chi connectivity index (χ3v) is 5.47. The van der Waals surface area contributed by atoms with Crippen LogP contribution in [-0.2, 0) is 18.5 Å². The number of benzene rings is 1. The molecule has 1 aliphatic carbocycles. The first-order chi connectivity index (χ1) is 12.2. The third-order valence-electron chi connectivity index (χ3n) is 5.47. The molecule has 2 aliphatic rings. The molecule has 0 unspecified atom stereocenters. The Kier molecular flexibility index (Phi) is 5.53. The van der Waals surface area contributed by atoms with Crippen molar-refractivity contribution in [2.45, 2.75) is 44.2 Å². The molecule has 1 amide bonds. The second-order valence-electron chi connectivity index (χ2n) is 6.93. The van der Waals surface area contributed by atoms with Gasteiger partial charge in [0.05, 0.1) is 12.6 Å². The average molecular weight is 377 g/mol. The fourth-order valence-corrected chi connectivity index (χ4v) is 4.06. The summed E-state index contributed by atoms with van der Waals surface area (Å²) in [7, 11) is 1.66. The van der Waals surface area contributed by atoms with Gasteiger partial charge in [-0.3, -0.25) is 9.89 Å². The molecule has 7 heteroatoms. The molecule has 3 N–H and O–H groups in total. The van der Waals surface area contributed by atoms with Crippen molar-refractivity contribution >= 4 is 18.3 Å². The lowest BCUT2D eigenvalue weighted by molar-refractivity contribution is 0.0891. The molecule has 4 rings (SSSR count). The van der Waals surface area contributed by atoms with E-state index >= 15 is 0 Å². The molecule has 140 valence electrons. The van der Waals surface area contributed by atoms with Gasteiger partial charge in [0, 0.05) is 30.8 Å². The van der Waals surface area contributed by atoms with Crippen LogP contribution in [0.15, 0.2) is 24.3 Å². The summed E-state index contributed by atoms with van der Waals surface area (Å²) < 4.78 is 5.26. The Bertz CT molecular complexity index is 766. The van der Waals surface area contributed by atoms with Crippen molar-refractivity contribution < 1.29 is 9.53 Å². The number of carbonyl (C=O) groups is 1. The van der Waals surface area contributed by atoms with Gasteiger partial charge < -0.3 is 15.4 Å². The molecular formula is C19H25ClN4O2. The van der Waals surface area contributed by atoms with Crippen LogP contribution in [0.25, 0.3) is 0 Å². The lowest BCUT2D eigenvalue weighted by Crippen LogP contribution is -2.44. The number of halogens is 1. The number of hydrogen-bond acceptors (Lipinski definition) is 4. The molecule has 1 fully saturated rings. The molecule has 6 nitrogen and oxygen atoms in total. The van der Waals surface area contributed by atoms with E-state index < -0.39 is 0 Å². The Morgan fingerprint density at radius 1 is 1.23 bits per heavy atom. The van der Waals surface area contributed by atoms with Crippen molar-refractivity contribution in [3.8, 4) is 5.75 Å². The zero-order valence-corrected chi connectivity index (χ0v) is 15.7. The molecule has 1 saturated carbocycles. The van der Waals surface area contributed by atoms with Gasteiger partial charge in [0.2, 0.25) is 0 Å². The molecular weight excluding hydrogens is 352 g/mol. The minimum Gasteiger partial charge on any atom is -0.497 e. The van der Waals surface area contributed by atoms with E-state index in [4.69, 9.17) is 4.74 Å². The van der Waals surface area contributed by atoms with Gasteiger partial charge >= 0.3 is 0 Å². The maximum Gasteiger partial charge on any atom is 0.272 e. The van der Waals surface area contributed by atoms with Crippen molar-refractivity contribution in [2.24, 2.45) is 0 Å². The first kappa shape index (κ1) is 18.7. The number of H-pyrrole nitrogens is 1. The Hall–Kier alpha value is -2.05. The maximum atomic E-state index is 13.0. The van der Waals surface area contributed by atoms with Gasteiger partial charge in [-0.25, -0.2) is 0 Å². The first-order valence-electron chi connectivity index (χ1n) is 8.96. The van der Waals surface area contributed by atoms with Crippen LogP contribution in [0.4, 0.5) is 0 Å². The summed E-state index contributed by atoms with van der Waals surface area (Å²) in [6.07, 6.45) is 5.03. The Morgan fingerprint density at radius 3 is 2.65 bits per heavy atom. The highest BCUT2D eigenvalue weighted by molar-refractivity contribution is 5.94. The Labute approximate surface area is 159 Å². The van der Waals surface area contributed by atoms with E-state index in [9.17, 15) is 4.79 Å². The van der Waals surface area contributed by atoms with Crippen LogP contribution in [0.3, 0.4) is 0 Å². The summed E-state index contributed by atoms with van der Waals surface area (Å²) in [5.74, 6) is 0.745. The predicted molar refractivity (Wildman–Crippen MR) is 102 cm³/mol. The van der Waals surface area contributed by atoms with E-state index in [1.807, 2.05) is 12.1 Å². The van der Waals surface area contributed by atoms with Crippen molar-refractivity contribution in [1.29, 1.82) is 0 Å². The van der Waals surface area contributed by atoms with E-state index in [-0.39, 0.29) is 23.9 Å². The van der Waals surface area contributed by atoms with Gasteiger partial charge in [0.15, 0.2) is 5.69 Å². The molecule has 1 aromatic carbocycles. The second kappa shape index (κ2) is 7.68. The van der Waals surface area contributed by atoms with Crippen molar-refractivity contribution in [3.63, 3.8) is 0 Å². The van der Waals surface area contributed by atoms with Crippen LogP contribution in [0.5, 0.6) is 5.75 Å². The van der Waals surface area contributed by atoms with Crippen molar-refractivity contribution in [3.05, 3.63) is 46.8 Å². The maximum absolute atomic E-state index is 13.0. The van der Waals surface area contributed by atoms with E-state index in [1.54, 1.807) is 7.11 Å². The van der Waals surface area contributed by atoms with Crippen LogP contribution in [0.2, 0.25) is 0 Å².